The zero-order valence-electron chi connectivity index (χ0n) is 18.4. The highest BCUT2D eigenvalue weighted by atomic mass is 32.2. The van der Waals surface area contributed by atoms with E-state index in [1.165, 1.54) is 31.4 Å². The molecule has 0 aliphatic heterocycles. The number of hydrogen-bond donors (Lipinski definition) is 2. The molecule has 2 unspecified atom stereocenters. The molecule has 0 spiro atoms. The summed E-state index contributed by atoms with van der Waals surface area (Å²) in [5.41, 5.74) is 3.62. The monoisotopic (exact) mass is 452 g/mol. The van der Waals surface area contributed by atoms with Crippen molar-refractivity contribution in [3.05, 3.63) is 90.0 Å². The summed E-state index contributed by atoms with van der Waals surface area (Å²) in [6, 6.07) is 23.5. The third kappa shape index (κ3) is 6.03. The number of hydrogen-bond acceptors (Lipinski definition) is 4. The number of carbonyl (C=O) groups excluding carboxylic acids is 1. The largest absolute Gasteiger partial charge is 0.383 e. The number of methoxy groups -OCH3 is 1. The van der Waals surface area contributed by atoms with Gasteiger partial charge < -0.3 is 10.1 Å². The number of rotatable bonds is 9. The predicted octanol–water partition coefficient (Wildman–Crippen LogP) is 4.16. The van der Waals surface area contributed by atoms with E-state index in [-0.39, 0.29) is 29.5 Å². The lowest BCUT2D eigenvalue weighted by atomic mass is 10.0. The van der Waals surface area contributed by atoms with Crippen LogP contribution in [0.15, 0.2) is 83.8 Å². The average molecular weight is 453 g/mol. The molecule has 0 aliphatic rings. The summed E-state index contributed by atoms with van der Waals surface area (Å²) in [7, 11) is -2.17. The van der Waals surface area contributed by atoms with Crippen LogP contribution in [0, 0.1) is 0 Å². The Morgan fingerprint density at radius 2 is 1.47 bits per heavy atom. The van der Waals surface area contributed by atoms with Crippen molar-refractivity contribution in [2.24, 2.45) is 0 Å². The Bertz CT molecular complexity index is 1130. The van der Waals surface area contributed by atoms with Crippen molar-refractivity contribution in [2.45, 2.75) is 30.8 Å². The quantitative estimate of drug-likeness (QED) is 0.511. The molecule has 3 aromatic carbocycles. The van der Waals surface area contributed by atoms with Gasteiger partial charge in [-0.15, -0.1) is 0 Å². The molecule has 2 atom stereocenters. The van der Waals surface area contributed by atoms with Gasteiger partial charge in [-0.3, -0.25) is 4.79 Å². The Morgan fingerprint density at radius 3 is 2.06 bits per heavy atom. The van der Waals surface area contributed by atoms with Crippen LogP contribution >= 0.6 is 0 Å². The Balaban J connectivity index is 1.64. The molecule has 6 nitrogen and oxygen atoms in total. The zero-order chi connectivity index (χ0) is 23.1. The van der Waals surface area contributed by atoms with E-state index >= 15 is 0 Å². The summed E-state index contributed by atoms with van der Waals surface area (Å²) in [5.74, 6) is -0.269. The van der Waals surface area contributed by atoms with Gasteiger partial charge in [0.2, 0.25) is 10.0 Å². The molecule has 7 heteroatoms. The lowest BCUT2D eigenvalue weighted by Crippen LogP contribution is -2.35. The Hall–Kier alpha value is -3.00. The fraction of sp³-hybridized carbons (Fsp3) is 0.240. The first-order valence-electron chi connectivity index (χ1n) is 10.4. The van der Waals surface area contributed by atoms with E-state index in [4.69, 9.17) is 4.74 Å². The first-order valence-corrected chi connectivity index (χ1v) is 11.9. The van der Waals surface area contributed by atoms with Gasteiger partial charge in [0.05, 0.1) is 17.5 Å². The van der Waals surface area contributed by atoms with Crippen LogP contribution in [0.2, 0.25) is 0 Å². The molecule has 32 heavy (non-hydrogen) atoms. The lowest BCUT2D eigenvalue weighted by molar-refractivity contribution is 0.0940. The maximum atomic E-state index is 12.6. The third-order valence-corrected chi connectivity index (χ3v) is 6.67. The molecular formula is C25H28N2O4S. The minimum atomic E-state index is -3.68. The van der Waals surface area contributed by atoms with Crippen molar-refractivity contribution in [1.82, 2.24) is 10.0 Å². The summed E-state index contributed by atoms with van der Waals surface area (Å²) in [4.78, 5) is 12.7. The van der Waals surface area contributed by atoms with E-state index in [1.807, 2.05) is 49.4 Å². The fourth-order valence-electron chi connectivity index (χ4n) is 3.36. The van der Waals surface area contributed by atoms with Gasteiger partial charge in [-0.2, -0.15) is 0 Å². The number of amides is 1. The molecule has 0 aliphatic carbocycles. The maximum Gasteiger partial charge on any atom is 0.251 e. The Labute approximate surface area is 189 Å². The second-order valence-electron chi connectivity index (χ2n) is 7.69. The third-order valence-electron chi connectivity index (χ3n) is 5.07. The van der Waals surface area contributed by atoms with Crippen molar-refractivity contribution in [3.8, 4) is 11.1 Å². The second-order valence-corrected chi connectivity index (χ2v) is 9.40. The summed E-state index contributed by atoms with van der Waals surface area (Å²) < 4.78 is 32.3. The van der Waals surface area contributed by atoms with Gasteiger partial charge in [0, 0.05) is 18.7 Å². The Kier molecular flexibility index (Phi) is 7.80. The van der Waals surface area contributed by atoms with E-state index in [9.17, 15) is 13.2 Å². The molecule has 0 saturated heterocycles. The number of ether oxygens (including phenoxy) is 1. The van der Waals surface area contributed by atoms with E-state index in [2.05, 4.69) is 22.2 Å². The standard InChI is InChI=1S/C25H28N2O4S/c1-18(17-31-3)27-32(29,30)24-15-13-23(14-16-24)25(28)26-19(2)20-9-11-22(12-10-20)21-7-5-4-6-8-21/h4-16,18-19,27H,17H2,1-3H3,(H,26,28). The molecule has 1 amide bonds. The minimum Gasteiger partial charge on any atom is -0.383 e. The summed E-state index contributed by atoms with van der Waals surface area (Å²) >= 11 is 0. The summed E-state index contributed by atoms with van der Waals surface area (Å²) in [5, 5.41) is 2.96. The van der Waals surface area contributed by atoms with Crippen molar-refractivity contribution in [1.29, 1.82) is 0 Å². The molecule has 0 aromatic heterocycles. The highest BCUT2D eigenvalue weighted by molar-refractivity contribution is 7.89. The molecule has 168 valence electrons. The van der Waals surface area contributed by atoms with Crippen LogP contribution in [0.25, 0.3) is 11.1 Å². The molecule has 3 aromatic rings. The predicted molar refractivity (Wildman–Crippen MR) is 126 cm³/mol. The van der Waals surface area contributed by atoms with Crippen molar-refractivity contribution < 1.29 is 17.9 Å². The molecule has 3 rings (SSSR count). The van der Waals surface area contributed by atoms with Crippen LogP contribution < -0.4 is 10.0 Å². The van der Waals surface area contributed by atoms with Gasteiger partial charge in [0.1, 0.15) is 0 Å². The minimum absolute atomic E-state index is 0.0987. The normalized spacial score (nSPS) is 13.3. The number of carbonyl (C=O) groups is 1. The molecule has 0 radical (unpaired) electrons. The van der Waals surface area contributed by atoms with Crippen LogP contribution in [-0.2, 0) is 14.8 Å². The highest BCUT2D eigenvalue weighted by Crippen LogP contribution is 2.22. The molecule has 0 saturated carbocycles. The Morgan fingerprint density at radius 1 is 0.875 bits per heavy atom. The van der Waals surface area contributed by atoms with Gasteiger partial charge in [0.15, 0.2) is 0 Å². The van der Waals surface area contributed by atoms with E-state index < -0.39 is 10.0 Å². The van der Waals surface area contributed by atoms with E-state index in [0.29, 0.717) is 5.56 Å². The van der Waals surface area contributed by atoms with Crippen LogP contribution in [0.5, 0.6) is 0 Å². The lowest BCUT2D eigenvalue weighted by Gasteiger charge is -2.16. The molecular weight excluding hydrogens is 424 g/mol. The summed E-state index contributed by atoms with van der Waals surface area (Å²) in [6.07, 6.45) is 0. The van der Waals surface area contributed by atoms with Crippen LogP contribution in [-0.4, -0.2) is 34.1 Å². The van der Waals surface area contributed by atoms with E-state index in [0.717, 1.165) is 16.7 Å². The first kappa shape index (κ1) is 23.7. The second kappa shape index (κ2) is 10.5. The van der Waals surface area contributed by atoms with Crippen LogP contribution in [0.3, 0.4) is 0 Å². The van der Waals surface area contributed by atoms with Crippen LogP contribution in [0.1, 0.15) is 35.8 Å². The summed E-state index contributed by atoms with van der Waals surface area (Å²) in [6.45, 7) is 3.90. The number of sulfonamides is 1. The molecule has 2 N–H and O–H groups in total. The molecule has 0 fully saturated rings. The molecule has 0 heterocycles. The van der Waals surface area contributed by atoms with Gasteiger partial charge in [-0.05, 0) is 54.8 Å². The smallest absolute Gasteiger partial charge is 0.251 e. The number of nitrogens with one attached hydrogen (secondary N) is 2. The van der Waals surface area contributed by atoms with Crippen molar-refractivity contribution in [3.63, 3.8) is 0 Å². The van der Waals surface area contributed by atoms with Gasteiger partial charge in [0.25, 0.3) is 5.91 Å². The fourth-order valence-corrected chi connectivity index (χ4v) is 4.59. The van der Waals surface area contributed by atoms with Gasteiger partial charge in [-0.25, -0.2) is 13.1 Å². The first-order chi connectivity index (χ1) is 15.3. The maximum absolute atomic E-state index is 12.6. The number of benzene rings is 3. The van der Waals surface area contributed by atoms with Crippen LogP contribution in [0.4, 0.5) is 0 Å². The SMILES string of the molecule is COCC(C)NS(=O)(=O)c1ccc(C(=O)NC(C)c2ccc(-c3ccccc3)cc2)cc1. The topological polar surface area (TPSA) is 84.5 Å². The van der Waals surface area contributed by atoms with E-state index in [1.54, 1.807) is 6.92 Å². The van der Waals surface area contributed by atoms with Crippen molar-refractivity contribution >= 4 is 15.9 Å². The highest BCUT2D eigenvalue weighted by Gasteiger charge is 2.18. The molecule has 0 bridgehead atoms. The zero-order valence-corrected chi connectivity index (χ0v) is 19.2. The van der Waals surface area contributed by atoms with Crippen molar-refractivity contribution in [2.75, 3.05) is 13.7 Å². The van der Waals surface area contributed by atoms with Gasteiger partial charge in [-0.1, -0.05) is 54.6 Å². The average Bonchev–Trinajstić information content (AvgIpc) is 2.79. The van der Waals surface area contributed by atoms with Gasteiger partial charge >= 0.3 is 0 Å².